The van der Waals surface area contributed by atoms with E-state index < -0.39 is 29.3 Å². The van der Waals surface area contributed by atoms with Gasteiger partial charge in [0.15, 0.2) is 0 Å². The Kier molecular flexibility index (Phi) is 5.38. The highest BCUT2D eigenvalue weighted by atomic mass is 19.4. The number of hydrogen-bond donors (Lipinski definition) is 2. The van der Waals surface area contributed by atoms with Crippen LogP contribution in [-0.4, -0.2) is 21.7 Å². The third kappa shape index (κ3) is 5.33. The molecular weight excluding hydrogens is 349 g/mol. The van der Waals surface area contributed by atoms with Gasteiger partial charge in [-0.2, -0.15) is 13.2 Å². The third-order valence-corrected chi connectivity index (χ3v) is 3.03. The molecule has 6 nitrogen and oxygen atoms in total. The van der Waals surface area contributed by atoms with Crippen LogP contribution in [0.4, 0.5) is 35.2 Å². The van der Waals surface area contributed by atoms with Gasteiger partial charge in [-0.1, -0.05) is 12.1 Å². The number of aryl methyl sites for hydroxylation is 1. The molecule has 2 N–H and O–H groups in total. The van der Waals surface area contributed by atoms with Crippen LogP contribution < -0.4 is 10.6 Å². The zero-order valence-electron chi connectivity index (χ0n) is 14.7. The number of halogens is 3. The lowest BCUT2D eigenvalue weighted by atomic mass is 10.2. The summed E-state index contributed by atoms with van der Waals surface area (Å²) < 4.78 is 44.7. The summed E-state index contributed by atoms with van der Waals surface area (Å²) >= 11 is 0. The Morgan fingerprint density at radius 3 is 2.31 bits per heavy atom. The molecule has 0 radical (unpaired) electrons. The first-order valence-electron chi connectivity index (χ1n) is 7.72. The number of amides is 1. The van der Waals surface area contributed by atoms with Crippen molar-refractivity contribution >= 4 is 23.3 Å². The average Bonchev–Trinajstić information content (AvgIpc) is 2.46. The van der Waals surface area contributed by atoms with Crippen LogP contribution in [0.1, 0.15) is 32.2 Å². The van der Waals surface area contributed by atoms with Crippen molar-refractivity contribution in [3.8, 4) is 0 Å². The summed E-state index contributed by atoms with van der Waals surface area (Å²) in [6, 6.07) is 6.30. The minimum absolute atomic E-state index is 0.179. The van der Waals surface area contributed by atoms with Gasteiger partial charge in [0.2, 0.25) is 0 Å². The number of hydrogen-bond acceptors (Lipinski definition) is 5. The van der Waals surface area contributed by atoms with Gasteiger partial charge in [-0.25, -0.2) is 14.8 Å². The van der Waals surface area contributed by atoms with Crippen LogP contribution in [0.2, 0.25) is 0 Å². The van der Waals surface area contributed by atoms with Crippen molar-refractivity contribution in [2.75, 3.05) is 10.6 Å². The maximum Gasteiger partial charge on any atom is 0.421 e. The van der Waals surface area contributed by atoms with E-state index in [1.54, 1.807) is 32.9 Å². The SMILES string of the molecule is Cc1ncc(C(F)(F)F)c(Nc2ccccc2NC(=O)OC(C)(C)C)n1. The van der Waals surface area contributed by atoms with Gasteiger partial charge in [0, 0.05) is 6.20 Å². The molecule has 0 aliphatic carbocycles. The predicted molar refractivity (Wildman–Crippen MR) is 91.4 cm³/mol. The number of nitrogens with one attached hydrogen (secondary N) is 2. The smallest absolute Gasteiger partial charge is 0.421 e. The molecule has 0 saturated heterocycles. The molecule has 0 aliphatic rings. The molecule has 0 atom stereocenters. The second kappa shape index (κ2) is 7.19. The Hall–Kier alpha value is -2.84. The van der Waals surface area contributed by atoms with Gasteiger partial charge in [-0.3, -0.25) is 5.32 Å². The fourth-order valence-electron chi connectivity index (χ4n) is 2.01. The highest BCUT2D eigenvalue weighted by molar-refractivity contribution is 5.90. The number of nitrogens with zero attached hydrogens (tertiary/aromatic N) is 2. The quantitative estimate of drug-likeness (QED) is 0.806. The molecule has 0 spiro atoms. The fraction of sp³-hybridized carbons (Fsp3) is 0.353. The third-order valence-electron chi connectivity index (χ3n) is 3.03. The minimum atomic E-state index is -4.62. The first kappa shape index (κ1) is 19.5. The fourth-order valence-corrected chi connectivity index (χ4v) is 2.01. The van der Waals surface area contributed by atoms with Gasteiger partial charge in [0.05, 0.1) is 11.4 Å². The van der Waals surface area contributed by atoms with Crippen LogP contribution in [0.5, 0.6) is 0 Å². The standard InChI is InChI=1S/C17H19F3N4O2/c1-10-21-9-11(17(18,19)20)14(22-10)23-12-7-5-6-8-13(12)24-15(25)26-16(2,3)4/h5-9H,1-4H3,(H,24,25)(H,21,22,23). The molecule has 0 unspecified atom stereocenters. The maximum atomic E-state index is 13.2. The molecule has 26 heavy (non-hydrogen) atoms. The first-order chi connectivity index (χ1) is 12.0. The number of para-hydroxylation sites is 2. The Morgan fingerprint density at radius 2 is 1.73 bits per heavy atom. The summed E-state index contributed by atoms with van der Waals surface area (Å²) in [5.41, 5.74) is -1.22. The molecule has 0 fully saturated rings. The number of anilines is 3. The second-order valence-corrected chi connectivity index (χ2v) is 6.47. The van der Waals surface area contributed by atoms with E-state index in [9.17, 15) is 18.0 Å². The van der Waals surface area contributed by atoms with E-state index in [2.05, 4.69) is 20.6 Å². The molecule has 1 aromatic heterocycles. The average molecular weight is 368 g/mol. The maximum absolute atomic E-state index is 13.2. The molecule has 0 bridgehead atoms. The van der Waals surface area contributed by atoms with Crippen molar-refractivity contribution in [2.24, 2.45) is 0 Å². The van der Waals surface area contributed by atoms with Crippen LogP contribution >= 0.6 is 0 Å². The Bertz CT molecular complexity index is 801. The normalized spacial score (nSPS) is 11.8. The van der Waals surface area contributed by atoms with Crippen LogP contribution in [0.15, 0.2) is 30.5 Å². The molecule has 1 aromatic carbocycles. The topological polar surface area (TPSA) is 76.1 Å². The van der Waals surface area contributed by atoms with Gasteiger partial charge >= 0.3 is 12.3 Å². The number of aromatic nitrogens is 2. The number of benzene rings is 1. The lowest BCUT2D eigenvalue weighted by Gasteiger charge is -2.21. The van der Waals surface area contributed by atoms with Crippen molar-refractivity contribution in [3.05, 3.63) is 41.9 Å². The van der Waals surface area contributed by atoms with Gasteiger partial charge in [0.25, 0.3) is 0 Å². The van der Waals surface area contributed by atoms with E-state index in [1.807, 2.05) is 0 Å². The zero-order valence-corrected chi connectivity index (χ0v) is 14.7. The molecule has 1 heterocycles. The highest BCUT2D eigenvalue weighted by Gasteiger charge is 2.35. The summed E-state index contributed by atoms with van der Waals surface area (Å²) in [6.45, 7) is 6.60. The minimum Gasteiger partial charge on any atom is -0.444 e. The van der Waals surface area contributed by atoms with E-state index >= 15 is 0 Å². The van der Waals surface area contributed by atoms with Crippen LogP contribution in [0.3, 0.4) is 0 Å². The highest BCUT2D eigenvalue weighted by Crippen LogP contribution is 2.35. The van der Waals surface area contributed by atoms with Crippen LogP contribution in [0.25, 0.3) is 0 Å². The summed E-state index contributed by atoms with van der Waals surface area (Å²) in [6.07, 6.45) is -4.63. The molecule has 1 amide bonds. The molecular formula is C17H19F3N4O2. The van der Waals surface area contributed by atoms with Crippen molar-refractivity contribution in [1.82, 2.24) is 9.97 Å². The van der Waals surface area contributed by atoms with Gasteiger partial charge in [0.1, 0.15) is 22.8 Å². The number of ether oxygens (including phenoxy) is 1. The van der Waals surface area contributed by atoms with E-state index in [-0.39, 0.29) is 17.2 Å². The van der Waals surface area contributed by atoms with Crippen molar-refractivity contribution in [1.29, 1.82) is 0 Å². The van der Waals surface area contributed by atoms with Crippen LogP contribution in [-0.2, 0) is 10.9 Å². The first-order valence-corrected chi connectivity index (χ1v) is 7.72. The molecule has 9 heteroatoms. The van der Waals surface area contributed by atoms with Gasteiger partial charge in [-0.15, -0.1) is 0 Å². The van der Waals surface area contributed by atoms with E-state index in [1.165, 1.54) is 19.1 Å². The lowest BCUT2D eigenvalue weighted by molar-refractivity contribution is -0.137. The van der Waals surface area contributed by atoms with Crippen molar-refractivity contribution < 1.29 is 22.7 Å². The molecule has 2 rings (SSSR count). The van der Waals surface area contributed by atoms with Gasteiger partial charge < -0.3 is 10.1 Å². The van der Waals surface area contributed by atoms with Gasteiger partial charge in [-0.05, 0) is 39.8 Å². The summed E-state index contributed by atoms with van der Waals surface area (Å²) in [5, 5.41) is 5.13. The van der Waals surface area contributed by atoms with E-state index in [0.29, 0.717) is 6.20 Å². The van der Waals surface area contributed by atoms with E-state index in [4.69, 9.17) is 4.74 Å². The zero-order chi connectivity index (χ0) is 19.5. The lowest BCUT2D eigenvalue weighted by Crippen LogP contribution is -2.27. The summed E-state index contributed by atoms with van der Waals surface area (Å²) in [7, 11) is 0. The molecule has 0 aliphatic heterocycles. The summed E-state index contributed by atoms with van der Waals surface area (Å²) in [5.74, 6) is -0.221. The monoisotopic (exact) mass is 368 g/mol. The predicted octanol–water partition coefficient (Wildman–Crippen LogP) is 4.89. The number of alkyl halides is 3. The summed E-state index contributed by atoms with van der Waals surface area (Å²) in [4.78, 5) is 19.4. The van der Waals surface area contributed by atoms with Crippen molar-refractivity contribution in [3.63, 3.8) is 0 Å². The second-order valence-electron chi connectivity index (χ2n) is 6.47. The Balaban J connectivity index is 2.32. The number of carbonyl (C=O) groups excluding carboxylic acids is 1. The van der Waals surface area contributed by atoms with E-state index in [0.717, 1.165) is 0 Å². The largest absolute Gasteiger partial charge is 0.444 e. The Morgan fingerprint density at radius 1 is 1.12 bits per heavy atom. The number of carbonyl (C=O) groups is 1. The van der Waals surface area contributed by atoms with Crippen molar-refractivity contribution in [2.45, 2.75) is 39.5 Å². The Labute approximate surface area is 148 Å². The number of rotatable bonds is 3. The van der Waals surface area contributed by atoms with Crippen LogP contribution in [0, 0.1) is 6.92 Å². The molecule has 140 valence electrons. The molecule has 2 aromatic rings. The molecule has 0 saturated carbocycles.